The molecule has 29 heavy (non-hydrogen) atoms. The van der Waals surface area contributed by atoms with Crippen LogP contribution in [0, 0.1) is 12.8 Å². The van der Waals surface area contributed by atoms with Gasteiger partial charge in [0.25, 0.3) is 0 Å². The van der Waals surface area contributed by atoms with Gasteiger partial charge in [0.15, 0.2) is 11.6 Å². The Bertz CT molecular complexity index is 1000. The first kappa shape index (κ1) is 21.2. The molecule has 1 unspecified atom stereocenters. The summed E-state index contributed by atoms with van der Waals surface area (Å²) in [5, 5.41) is 4.07. The van der Waals surface area contributed by atoms with Crippen LogP contribution in [0.3, 0.4) is 0 Å². The highest BCUT2D eigenvalue weighted by atomic mass is 79.9. The number of hydrogen-bond donors (Lipinski definition) is 1. The lowest BCUT2D eigenvalue weighted by atomic mass is 9.97. The van der Waals surface area contributed by atoms with Gasteiger partial charge in [-0.3, -0.25) is 9.59 Å². The van der Waals surface area contributed by atoms with E-state index in [1.165, 1.54) is 0 Å². The monoisotopic (exact) mass is 458 g/mol. The smallest absolute Gasteiger partial charge is 0.200 e. The summed E-state index contributed by atoms with van der Waals surface area (Å²) < 4.78 is 11.3. The molecule has 0 saturated carbocycles. The summed E-state index contributed by atoms with van der Waals surface area (Å²) in [7, 11) is 1.64. The fourth-order valence-electron chi connectivity index (χ4n) is 3.19. The number of aryl methyl sites for hydroxylation is 1. The van der Waals surface area contributed by atoms with Gasteiger partial charge in [-0.1, -0.05) is 40.1 Å². The number of ether oxygens (including phenoxy) is 1. The molecule has 0 aliphatic rings. The average molecular weight is 459 g/mol. The van der Waals surface area contributed by atoms with E-state index >= 15 is 0 Å². The minimum absolute atomic E-state index is 0.0182. The van der Waals surface area contributed by atoms with E-state index in [1.54, 1.807) is 26.3 Å². The number of nitrogens with zero attached hydrogens (tertiary/aromatic N) is 1. The van der Waals surface area contributed by atoms with Gasteiger partial charge in [0.1, 0.15) is 11.5 Å². The minimum Gasteiger partial charge on any atom is -0.385 e. The lowest BCUT2D eigenvalue weighted by Gasteiger charge is -2.08. The van der Waals surface area contributed by atoms with E-state index in [0.717, 1.165) is 22.9 Å². The van der Waals surface area contributed by atoms with Gasteiger partial charge in [-0.15, -0.1) is 0 Å². The van der Waals surface area contributed by atoms with Gasteiger partial charge >= 0.3 is 0 Å². The van der Waals surface area contributed by atoms with Crippen molar-refractivity contribution in [2.24, 2.45) is 5.92 Å². The number of halogens is 1. The third-order valence-corrected chi connectivity index (χ3v) is 5.38. The van der Waals surface area contributed by atoms with Crippen LogP contribution in [0.5, 0.6) is 0 Å². The number of carbonyl (C=O) groups excluding carboxylic acids is 2. The molecule has 6 nitrogen and oxygen atoms in total. The molecule has 0 radical (unpaired) electrons. The molecule has 0 amide bonds. The molecule has 0 fully saturated rings. The Morgan fingerprint density at radius 1 is 1.28 bits per heavy atom. The second kappa shape index (κ2) is 9.33. The molecule has 0 saturated heterocycles. The summed E-state index contributed by atoms with van der Waals surface area (Å²) in [5.41, 5.74) is 2.51. The van der Waals surface area contributed by atoms with Crippen molar-refractivity contribution in [2.45, 2.75) is 26.7 Å². The Morgan fingerprint density at radius 2 is 2.00 bits per heavy atom. The maximum Gasteiger partial charge on any atom is 0.200 e. The summed E-state index contributed by atoms with van der Waals surface area (Å²) in [5.74, 6) is 0.0386. The fourth-order valence-corrected chi connectivity index (χ4v) is 3.45. The first-order valence-corrected chi connectivity index (χ1v) is 10.2. The van der Waals surface area contributed by atoms with E-state index in [-0.39, 0.29) is 17.5 Å². The molecule has 2 heterocycles. The van der Waals surface area contributed by atoms with Crippen LogP contribution in [0.1, 0.15) is 51.9 Å². The van der Waals surface area contributed by atoms with E-state index in [4.69, 9.17) is 9.26 Å². The highest BCUT2D eigenvalue weighted by Crippen LogP contribution is 2.29. The minimum atomic E-state index is -0.232. The number of Topliss-reactive ketones (excluding diaryl/α,β-unsaturated/α-hetero) is 1. The van der Waals surface area contributed by atoms with Crippen LogP contribution in [-0.4, -0.2) is 35.4 Å². The zero-order valence-corrected chi connectivity index (χ0v) is 18.2. The largest absolute Gasteiger partial charge is 0.385 e. The molecule has 0 bridgehead atoms. The second-order valence-electron chi connectivity index (χ2n) is 7.00. The number of hydrogen-bond acceptors (Lipinski definition) is 5. The lowest BCUT2D eigenvalue weighted by molar-refractivity contribution is 0.0910. The molecule has 2 aromatic heterocycles. The number of aromatic nitrogens is 2. The number of carbonyl (C=O) groups is 2. The average Bonchev–Trinajstić information content (AvgIpc) is 3.35. The highest BCUT2D eigenvalue weighted by molar-refractivity contribution is 9.10. The third kappa shape index (κ3) is 4.74. The van der Waals surface area contributed by atoms with E-state index < -0.39 is 0 Å². The van der Waals surface area contributed by atoms with E-state index in [9.17, 15) is 9.59 Å². The predicted molar refractivity (Wildman–Crippen MR) is 113 cm³/mol. The van der Waals surface area contributed by atoms with E-state index in [1.807, 2.05) is 31.2 Å². The van der Waals surface area contributed by atoms with Crippen LogP contribution >= 0.6 is 15.9 Å². The molecule has 1 aromatic carbocycles. The number of ketones is 2. The summed E-state index contributed by atoms with van der Waals surface area (Å²) in [4.78, 5) is 28.7. The van der Waals surface area contributed by atoms with Gasteiger partial charge in [0.2, 0.25) is 0 Å². The standard InChI is InChI=1S/C22H23BrN2O4/c1-13(5-4-10-28-3)21(26)18-11-16(12-24-18)22(27)19-14(2)29-25-20(19)15-6-8-17(23)9-7-15/h6-9,11-13,24H,4-5,10H2,1-3H3. The van der Waals surface area contributed by atoms with Crippen LogP contribution < -0.4 is 0 Å². The maximum atomic E-state index is 13.1. The molecular formula is C22H23BrN2O4. The molecular weight excluding hydrogens is 436 g/mol. The van der Waals surface area contributed by atoms with Crippen molar-refractivity contribution in [3.8, 4) is 11.3 Å². The van der Waals surface area contributed by atoms with Crippen LogP contribution in [0.4, 0.5) is 0 Å². The van der Waals surface area contributed by atoms with Gasteiger partial charge in [0, 0.05) is 41.4 Å². The zero-order chi connectivity index (χ0) is 21.0. The Morgan fingerprint density at radius 3 is 2.69 bits per heavy atom. The van der Waals surface area contributed by atoms with E-state index in [2.05, 4.69) is 26.1 Å². The zero-order valence-electron chi connectivity index (χ0n) is 16.6. The molecule has 3 rings (SSSR count). The van der Waals surface area contributed by atoms with Crippen molar-refractivity contribution < 1.29 is 18.8 Å². The molecule has 0 aliphatic heterocycles. The quantitative estimate of drug-likeness (QED) is 0.351. The number of H-pyrrole nitrogens is 1. The normalized spacial score (nSPS) is 12.1. The molecule has 0 aliphatic carbocycles. The Hall–Kier alpha value is -2.51. The van der Waals surface area contributed by atoms with Crippen molar-refractivity contribution in [1.29, 1.82) is 0 Å². The molecule has 7 heteroatoms. The fraction of sp³-hybridized carbons (Fsp3) is 0.318. The molecule has 1 atom stereocenters. The second-order valence-corrected chi connectivity index (χ2v) is 7.92. The van der Waals surface area contributed by atoms with Gasteiger partial charge in [0.05, 0.1) is 11.3 Å². The van der Waals surface area contributed by atoms with Gasteiger partial charge in [-0.05, 0) is 38.0 Å². The van der Waals surface area contributed by atoms with Gasteiger partial charge in [-0.25, -0.2) is 0 Å². The first-order valence-electron chi connectivity index (χ1n) is 9.40. The van der Waals surface area contributed by atoms with Crippen LogP contribution in [-0.2, 0) is 4.74 Å². The Labute approximate surface area is 177 Å². The summed E-state index contributed by atoms with van der Waals surface area (Å²) in [6.45, 7) is 4.22. The maximum absolute atomic E-state index is 13.1. The topological polar surface area (TPSA) is 85.2 Å². The first-order chi connectivity index (χ1) is 13.9. The summed E-state index contributed by atoms with van der Waals surface area (Å²) in [6, 6.07) is 9.10. The molecule has 0 spiro atoms. The summed E-state index contributed by atoms with van der Waals surface area (Å²) >= 11 is 3.40. The Kier molecular flexibility index (Phi) is 6.82. The van der Waals surface area contributed by atoms with Crippen molar-refractivity contribution in [3.05, 3.63) is 63.6 Å². The number of benzene rings is 1. The number of methoxy groups -OCH3 is 1. The molecule has 1 N–H and O–H groups in total. The van der Waals surface area contributed by atoms with Crippen LogP contribution in [0.15, 0.2) is 45.5 Å². The molecule has 152 valence electrons. The van der Waals surface area contributed by atoms with E-state index in [0.29, 0.717) is 34.9 Å². The third-order valence-electron chi connectivity index (χ3n) is 4.85. The van der Waals surface area contributed by atoms with Gasteiger partial charge < -0.3 is 14.2 Å². The number of aromatic amines is 1. The van der Waals surface area contributed by atoms with Crippen molar-refractivity contribution >= 4 is 27.5 Å². The number of rotatable bonds is 9. The number of nitrogens with one attached hydrogen (secondary N) is 1. The van der Waals surface area contributed by atoms with Crippen molar-refractivity contribution in [2.75, 3.05) is 13.7 Å². The van der Waals surface area contributed by atoms with Crippen molar-refractivity contribution in [1.82, 2.24) is 10.1 Å². The molecule has 3 aromatic rings. The Balaban J connectivity index is 1.83. The van der Waals surface area contributed by atoms with Gasteiger partial charge in [-0.2, -0.15) is 0 Å². The summed E-state index contributed by atoms with van der Waals surface area (Å²) in [6.07, 6.45) is 3.11. The lowest BCUT2D eigenvalue weighted by Crippen LogP contribution is -2.12. The highest BCUT2D eigenvalue weighted by Gasteiger charge is 2.25. The predicted octanol–water partition coefficient (Wildman–Crippen LogP) is 5.22. The SMILES string of the molecule is COCCCC(C)C(=O)c1cc(C(=O)c2c(-c3ccc(Br)cc3)noc2C)c[nH]1. The van der Waals surface area contributed by atoms with Crippen LogP contribution in [0.25, 0.3) is 11.3 Å². The van der Waals surface area contributed by atoms with Crippen molar-refractivity contribution in [3.63, 3.8) is 0 Å². The van der Waals surface area contributed by atoms with Crippen LogP contribution in [0.2, 0.25) is 0 Å².